The fourth-order valence-electron chi connectivity index (χ4n) is 3.30. The summed E-state index contributed by atoms with van der Waals surface area (Å²) in [6.07, 6.45) is 0. The maximum absolute atomic E-state index is 12.8. The van der Waals surface area contributed by atoms with Crippen molar-refractivity contribution in [2.45, 2.75) is 13.0 Å². The van der Waals surface area contributed by atoms with E-state index >= 15 is 0 Å². The van der Waals surface area contributed by atoms with Gasteiger partial charge in [-0.05, 0) is 18.2 Å². The highest BCUT2D eigenvalue weighted by molar-refractivity contribution is 6.06. The number of benzene rings is 1. The van der Waals surface area contributed by atoms with Crippen molar-refractivity contribution in [3.63, 3.8) is 0 Å². The Labute approximate surface area is 141 Å². The van der Waals surface area contributed by atoms with Gasteiger partial charge in [-0.25, -0.2) is 0 Å². The van der Waals surface area contributed by atoms with E-state index in [0.717, 1.165) is 44.1 Å². The van der Waals surface area contributed by atoms with Gasteiger partial charge in [0.15, 0.2) is 0 Å². The second-order valence-corrected chi connectivity index (χ2v) is 6.16. The van der Waals surface area contributed by atoms with Crippen molar-refractivity contribution in [2.24, 2.45) is 0 Å². The Morgan fingerprint density at radius 2 is 2.17 bits per heavy atom. The Kier molecular flexibility index (Phi) is 5.01. The number of carbonyl (C=O) groups is 2. The van der Waals surface area contributed by atoms with Crippen molar-refractivity contribution in [3.8, 4) is 5.75 Å². The number of ether oxygens (including phenoxy) is 2. The van der Waals surface area contributed by atoms with Crippen LogP contribution in [0.1, 0.15) is 18.5 Å². The molecular formula is C17H24N3O4+. The first kappa shape index (κ1) is 16.7. The quantitative estimate of drug-likeness (QED) is 0.735. The number of carbonyl (C=O) groups excluding carboxylic acids is 2. The van der Waals surface area contributed by atoms with Crippen LogP contribution in [0.25, 0.3) is 0 Å². The number of methoxy groups -OCH3 is 1. The largest absolute Gasteiger partial charge is 0.497 e. The number of anilines is 1. The molecule has 0 aliphatic carbocycles. The zero-order valence-corrected chi connectivity index (χ0v) is 14.1. The molecule has 0 radical (unpaired) electrons. The number of quaternary nitrogens is 1. The minimum Gasteiger partial charge on any atom is -0.497 e. The summed E-state index contributed by atoms with van der Waals surface area (Å²) in [7, 11) is 1.59. The molecule has 3 rings (SSSR count). The Hall–Kier alpha value is -2.12. The monoisotopic (exact) mass is 334 g/mol. The Morgan fingerprint density at radius 1 is 1.42 bits per heavy atom. The molecule has 1 aromatic carbocycles. The van der Waals surface area contributed by atoms with E-state index in [1.807, 2.05) is 18.2 Å². The summed E-state index contributed by atoms with van der Waals surface area (Å²) in [4.78, 5) is 27.5. The molecule has 0 aromatic heterocycles. The van der Waals surface area contributed by atoms with Crippen LogP contribution in [0.2, 0.25) is 0 Å². The predicted octanol–water partition coefficient (Wildman–Crippen LogP) is -0.866. The van der Waals surface area contributed by atoms with E-state index in [4.69, 9.17) is 9.47 Å². The van der Waals surface area contributed by atoms with E-state index in [2.05, 4.69) is 5.32 Å². The second kappa shape index (κ2) is 7.19. The van der Waals surface area contributed by atoms with Crippen LogP contribution in [-0.2, 0) is 14.3 Å². The number of nitrogens with zero attached hydrogens (tertiary/aromatic N) is 1. The van der Waals surface area contributed by atoms with Gasteiger partial charge in [-0.1, -0.05) is 0 Å². The minimum atomic E-state index is -0.632. The molecule has 1 aromatic rings. The van der Waals surface area contributed by atoms with E-state index in [-0.39, 0.29) is 11.8 Å². The lowest BCUT2D eigenvalue weighted by Crippen LogP contribution is -3.14. The third kappa shape index (κ3) is 3.37. The van der Waals surface area contributed by atoms with Crippen LogP contribution in [0.4, 0.5) is 5.69 Å². The number of fused-ring (bicyclic) bond motifs is 1. The molecule has 2 aliphatic rings. The molecule has 2 aliphatic heterocycles. The molecule has 0 spiro atoms. The van der Waals surface area contributed by atoms with E-state index in [1.54, 1.807) is 12.0 Å². The van der Waals surface area contributed by atoms with Crippen LogP contribution in [0.15, 0.2) is 18.2 Å². The number of rotatable bonds is 5. The first-order chi connectivity index (χ1) is 11.6. The lowest BCUT2D eigenvalue weighted by atomic mass is 10.1. The normalized spacial score (nSPS) is 20.8. The Bertz CT molecular complexity index is 628. The van der Waals surface area contributed by atoms with Gasteiger partial charge in [-0.15, -0.1) is 0 Å². The van der Waals surface area contributed by atoms with Gasteiger partial charge in [-0.2, -0.15) is 0 Å². The lowest BCUT2D eigenvalue weighted by Gasteiger charge is -2.26. The fraction of sp³-hybridized carbons (Fsp3) is 0.529. The zero-order valence-electron chi connectivity index (χ0n) is 14.1. The molecule has 2 N–H and O–H groups in total. The molecule has 1 saturated heterocycles. The molecule has 2 amide bonds. The van der Waals surface area contributed by atoms with Gasteiger partial charge >= 0.3 is 0 Å². The van der Waals surface area contributed by atoms with Crippen LogP contribution >= 0.6 is 0 Å². The van der Waals surface area contributed by atoms with E-state index in [1.165, 1.54) is 11.8 Å². The second-order valence-electron chi connectivity index (χ2n) is 6.16. The van der Waals surface area contributed by atoms with Gasteiger partial charge in [0.05, 0.1) is 39.1 Å². The van der Waals surface area contributed by atoms with Crippen LogP contribution in [0, 0.1) is 0 Å². The van der Waals surface area contributed by atoms with Crippen molar-refractivity contribution >= 4 is 17.5 Å². The molecule has 2 heterocycles. The summed E-state index contributed by atoms with van der Waals surface area (Å²) >= 11 is 0. The standard InChI is InChI=1S/C17H23N3O4/c1-12(21)18-16-14-11-13(23-2)3-4-15(14)20(17(16)22)6-5-19-7-9-24-10-8-19/h3-4,11,16H,5-10H2,1-2H3,(H,18,21)/p+1/t16-/m1/s1. The van der Waals surface area contributed by atoms with Crippen LogP contribution in [0.5, 0.6) is 5.75 Å². The molecule has 0 saturated carbocycles. The van der Waals surface area contributed by atoms with Crippen molar-refractivity contribution in [1.82, 2.24) is 5.32 Å². The smallest absolute Gasteiger partial charge is 0.254 e. The maximum Gasteiger partial charge on any atom is 0.254 e. The number of morpholine rings is 1. The van der Waals surface area contributed by atoms with Crippen molar-refractivity contribution < 1.29 is 24.0 Å². The fourth-order valence-corrected chi connectivity index (χ4v) is 3.30. The topological polar surface area (TPSA) is 72.3 Å². The first-order valence-corrected chi connectivity index (χ1v) is 8.28. The summed E-state index contributed by atoms with van der Waals surface area (Å²) in [6.45, 7) is 6.39. The van der Waals surface area contributed by atoms with Crippen molar-refractivity contribution in [1.29, 1.82) is 0 Å². The molecule has 0 bridgehead atoms. The molecular weight excluding hydrogens is 310 g/mol. The first-order valence-electron chi connectivity index (χ1n) is 8.28. The maximum atomic E-state index is 12.8. The van der Waals surface area contributed by atoms with Gasteiger partial charge in [-0.3, -0.25) is 9.59 Å². The van der Waals surface area contributed by atoms with Crippen LogP contribution < -0.4 is 19.9 Å². The van der Waals surface area contributed by atoms with Gasteiger partial charge < -0.3 is 24.6 Å². The highest BCUT2D eigenvalue weighted by Gasteiger charge is 2.38. The predicted molar refractivity (Wildman–Crippen MR) is 88.3 cm³/mol. The molecule has 1 atom stereocenters. The van der Waals surface area contributed by atoms with E-state index in [0.29, 0.717) is 12.3 Å². The summed E-state index contributed by atoms with van der Waals surface area (Å²) in [5.74, 6) is 0.376. The Morgan fingerprint density at radius 3 is 2.83 bits per heavy atom. The van der Waals surface area contributed by atoms with E-state index < -0.39 is 6.04 Å². The zero-order chi connectivity index (χ0) is 17.1. The van der Waals surface area contributed by atoms with E-state index in [9.17, 15) is 9.59 Å². The van der Waals surface area contributed by atoms with Crippen LogP contribution in [0.3, 0.4) is 0 Å². The third-order valence-electron chi connectivity index (χ3n) is 4.59. The number of nitrogens with one attached hydrogen (secondary N) is 2. The SMILES string of the molecule is COc1ccc2c(c1)[C@@H](NC(C)=O)C(=O)N2CC[NH+]1CCOCC1. The summed E-state index contributed by atoms with van der Waals surface area (Å²) in [5.41, 5.74) is 1.65. The summed E-state index contributed by atoms with van der Waals surface area (Å²) in [5, 5.41) is 2.75. The van der Waals surface area contributed by atoms with Gasteiger partial charge in [0.2, 0.25) is 5.91 Å². The molecule has 7 heteroatoms. The van der Waals surface area contributed by atoms with Gasteiger partial charge in [0.1, 0.15) is 24.9 Å². The van der Waals surface area contributed by atoms with Gasteiger partial charge in [0, 0.05) is 12.5 Å². The molecule has 24 heavy (non-hydrogen) atoms. The van der Waals surface area contributed by atoms with Crippen molar-refractivity contribution in [3.05, 3.63) is 23.8 Å². The minimum absolute atomic E-state index is 0.0823. The van der Waals surface area contributed by atoms with Crippen LogP contribution in [-0.4, -0.2) is 58.3 Å². The summed E-state index contributed by atoms with van der Waals surface area (Å²) in [6, 6.07) is 4.93. The van der Waals surface area contributed by atoms with Crippen molar-refractivity contribution in [2.75, 3.05) is 51.4 Å². The highest BCUT2D eigenvalue weighted by atomic mass is 16.5. The summed E-state index contributed by atoms with van der Waals surface area (Å²) < 4.78 is 10.6. The average Bonchev–Trinajstić information content (AvgIpc) is 2.85. The number of hydrogen-bond donors (Lipinski definition) is 2. The molecule has 7 nitrogen and oxygen atoms in total. The highest BCUT2D eigenvalue weighted by Crippen LogP contribution is 2.37. The molecule has 1 fully saturated rings. The third-order valence-corrected chi connectivity index (χ3v) is 4.59. The molecule has 130 valence electrons. The van der Waals surface area contributed by atoms with Gasteiger partial charge in [0.25, 0.3) is 5.91 Å². The lowest BCUT2D eigenvalue weighted by molar-refractivity contribution is -0.906. The molecule has 0 unspecified atom stereocenters. The number of hydrogen-bond acceptors (Lipinski definition) is 4. The average molecular weight is 334 g/mol. The number of amides is 2. The Balaban J connectivity index is 1.79.